The Balaban J connectivity index is 2.11. The van der Waals surface area contributed by atoms with Crippen molar-refractivity contribution >= 4 is 0 Å². The smallest absolute Gasteiger partial charge is 0.0537 e. The van der Waals surface area contributed by atoms with Crippen LogP contribution < -0.4 is 5.32 Å². The van der Waals surface area contributed by atoms with Crippen molar-refractivity contribution in [3.05, 3.63) is 17.5 Å². The summed E-state index contributed by atoms with van der Waals surface area (Å²) in [5, 5.41) is 10.5. The molecule has 4 heteroatoms. The van der Waals surface area contributed by atoms with E-state index in [1.165, 1.54) is 18.4 Å². The minimum Gasteiger partial charge on any atom is -0.385 e. The van der Waals surface area contributed by atoms with Crippen LogP contribution >= 0.6 is 0 Å². The van der Waals surface area contributed by atoms with E-state index in [-0.39, 0.29) is 0 Å². The summed E-state index contributed by atoms with van der Waals surface area (Å²) in [6.45, 7) is 6.15. The zero-order valence-corrected chi connectivity index (χ0v) is 10.5. The topological polar surface area (TPSA) is 49.9 Å². The first-order valence-corrected chi connectivity index (χ1v) is 5.98. The van der Waals surface area contributed by atoms with Gasteiger partial charge in [0.1, 0.15) is 0 Å². The lowest BCUT2D eigenvalue weighted by atomic mass is 10.1. The van der Waals surface area contributed by atoms with Crippen molar-refractivity contribution in [2.24, 2.45) is 0 Å². The summed E-state index contributed by atoms with van der Waals surface area (Å²) in [5.74, 6) is 0. The molecule has 0 spiro atoms. The lowest BCUT2D eigenvalue weighted by Crippen LogP contribution is -2.20. The Morgan fingerprint density at radius 3 is 2.88 bits per heavy atom. The molecule has 1 aromatic rings. The van der Waals surface area contributed by atoms with E-state index in [4.69, 9.17) is 4.74 Å². The molecule has 0 amide bonds. The zero-order valence-electron chi connectivity index (χ0n) is 10.5. The number of nitrogens with one attached hydrogen (secondary N) is 2. The van der Waals surface area contributed by atoms with Gasteiger partial charge in [0.25, 0.3) is 0 Å². The third-order valence-electron chi connectivity index (χ3n) is 2.81. The third-order valence-corrected chi connectivity index (χ3v) is 2.81. The van der Waals surface area contributed by atoms with Gasteiger partial charge in [-0.2, -0.15) is 5.10 Å². The van der Waals surface area contributed by atoms with E-state index in [0.29, 0.717) is 6.04 Å². The maximum atomic E-state index is 5.01. The average molecular weight is 225 g/mol. The normalized spacial score (nSPS) is 12.9. The van der Waals surface area contributed by atoms with Gasteiger partial charge in [-0.25, -0.2) is 0 Å². The van der Waals surface area contributed by atoms with Gasteiger partial charge >= 0.3 is 0 Å². The van der Waals surface area contributed by atoms with Crippen molar-refractivity contribution in [3.63, 3.8) is 0 Å². The molecule has 0 saturated carbocycles. The van der Waals surface area contributed by atoms with E-state index in [1.807, 2.05) is 6.20 Å². The number of hydrogen-bond donors (Lipinski definition) is 2. The molecule has 1 heterocycles. The summed E-state index contributed by atoms with van der Waals surface area (Å²) in [5.41, 5.74) is 2.41. The van der Waals surface area contributed by atoms with Crippen LogP contribution in [0.1, 0.15) is 43.5 Å². The molecule has 0 aliphatic heterocycles. The molecule has 1 rings (SSSR count). The maximum Gasteiger partial charge on any atom is 0.0537 e. The van der Waals surface area contributed by atoms with Crippen molar-refractivity contribution in [2.75, 3.05) is 20.3 Å². The lowest BCUT2D eigenvalue weighted by molar-refractivity contribution is 0.192. The summed E-state index contributed by atoms with van der Waals surface area (Å²) >= 11 is 0. The Hall–Kier alpha value is -0.870. The number of rotatable bonds is 8. The molecular formula is C12H23N3O. The number of aromatic amines is 1. The van der Waals surface area contributed by atoms with Crippen LogP contribution in [0.4, 0.5) is 0 Å². The van der Waals surface area contributed by atoms with Crippen LogP contribution in [0.25, 0.3) is 0 Å². The highest BCUT2D eigenvalue weighted by Crippen LogP contribution is 2.13. The SMILES string of the molecule is COCCCCCNC(C)c1cn[nH]c1C. The quantitative estimate of drug-likeness (QED) is 0.667. The summed E-state index contributed by atoms with van der Waals surface area (Å²) in [6.07, 6.45) is 5.47. The van der Waals surface area contributed by atoms with E-state index < -0.39 is 0 Å². The number of H-pyrrole nitrogens is 1. The van der Waals surface area contributed by atoms with Crippen LogP contribution in [-0.4, -0.2) is 30.5 Å². The third kappa shape index (κ3) is 4.33. The van der Waals surface area contributed by atoms with Gasteiger partial charge in [-0.3, -0.25) is 5.10 Å². The van der Waals surface area contributed by atoms with Gasteiger partial charge in [0, 0.05) is 31.0 Å². The summed E-state index contributed by atoms with van der Waals surface area (Å²) in [7, 11) is 1.75. The van der Waals surface area contributed by atoms with Crippen LogP contribution in [-0.2, 0) is 4.74 Å². The van der Waals surface area contributed by atoms with Crippen LogP contribution in [0, 0.1) is 6.92 Å². The van der Waals surface area contributed by atoms with Crippen molar-refractivity contribution in [3.8, 4) is 0 Å². The van der Waals surface area contributed by atoms with Gasteiger partial charge in [-0.05, 0) is 39.7 Å². The molecule has 0 aliphatic rings. The molecule has 0 bridgehead atoms. The Kier molecular flexibility index (Phi) is 6.11. The monoisotopic (exact) mass is 225 g/mol. The van der Waals surface area contributed by atoms with E-state index in [9.17, 15) is 0 Å². The van der Waals surface area contributed by atoms with E-state index >= 15 is 0 Å². The van der Waals surface area contributed by atoms with Crippen molar-refractivity contribution < 1.29 is 4.74 Å². The number of aromatic nitrogens is 2. The molecule has 1 unspecified atom stereocenters. The summed E-state index contributed by atoms with van der Waals surface area (Å²) in [6, 6.07) is 0.376. The molecule has 0 aromatic carbocycles. The average Bonchev–Trinajstić information content (AvgIpc) is 2.69. The standard InChI is InChI=1S/C12H23N3O/c1-10(12-9-14-15-11(12)2)13-7-5-4-6-8-16-3/h9-10,13H,4-8H2,1-3H3,(H,14,15). The van der Waals surface area contributed by atoms with Crippen LogP contribution in [0.2, 0.25) is 0 Å². The fourth-order valence-electron chi connectivity index (χ4n) is 1.77. The number of ether oxygens (including phenoxy) is 1. The highest BCUT2D eigenvalue weighted by Gasteiger charge is 2.08. The molecule has 0 fully saturated rings. The number of methoxy groups -OCH3 is 1. The molecule has 16 heavy (non-hydrogen) atoms. The molecule has 0 radical (unpaired) electrons. The molecular weight excluding hydrogens is 202 g/mol. The number of nitrogens with zero attached hydrogens (tertiary/aromatic N) is 1. The second-order valence-electron chi connectivity index (χ2n) is 4.18. The van der Waals surface area contributed by atoms with Gasteiger partial charge in [0.15, 0.2) is 0 Å². The van der Waals surface area contributed by atoms with Crippen molar-refractivity contribution in [2.45, 2.75) is 39.2 Å². The van der Waals surface area contributed by atoms with Crippen LogP contribution in [0.5, 0.6) is 0 Å². The zero-order chi connectivity index (χ0) is 11.8. The molecule has 4 nitrogen and oxygen atoms in total. The molecule has 1 atom stereocenters. The first kappa shape index (κ1) is 13.2. The first-order chi connectivity index (χ1) is 7.75. The number of hydrogen-bond acceptors (Lipinski definition) is 3. The predicted molar refractivity (Wildman–Crippen MR) is 65.5 cm³/mol. The number of unbranched alkanes of at least 4 members (excludes halogenated alkanes) is 2. The van der Waals surface area contributed by atoms with Crippen LogP contribution in [0.3, 0.4) is 0 Å². The Morgan fingerprint density at radius 1 is 1.44 bits per heavy atom. The first-order valence-electron chi connectivity index (χ1n) is 5.98. The van der Waals surface area contributed by atoms with Crippen LogP contribution in [0.15, 0.2) is 6.20 Å². The lowest BCUT2D eigenvalue weighted by Gasteiger charge is -2.12. The second-order valence-corrected chi connectivity index (χ2v) is 4.18. The second kappa shape index (κ2) is 7.41. The predicted octanol–water partition coefficient (Wildman–Crippen LogP) is 2.19. The molecule has 92 valence electrons. The molecule has 2 N–H and O–H groups in total. The van der Waals surface area contributed by atoms with Gasteiger partial charge in [-0.15, -0.1) is 0 Å². The van der Waals surface area contributed by atoms with Gasteiger partial charge in [-0.1, -0.05) is 0 Å². The molecule has 0 aliphatic carbocycles. The van der Waals surface area contributed by atoms with Gasteiger partial charge < -0.3 is 10.1 Å². The summed E-state index contributed by atoms with van der Waals surface area (Å²) in [4.78, 5) is 0. The Labute approximate surface area is 97.8 Å². The fourth-order valence-corrected chi connectivity index (χ4v) is 1.77. The maximum absolute atomic E-state index is 5.01. The Bertz CT molecular complexity index is 286. The summed E-state index contributed by atoms with van der Waals surface area (Å²) < 4.78 is 5.01. The molecule has 0 saturated heterocycles. The van der Waals surface area contributed by atoms with Crippen molar-refractivity contribution in [1.29, 1.82) is 0 Å². The highest BCUT2D eigenvalue weighted by atomic mass is 16.5. The minimum atomic E-state index is 0.376. The van der Waals surface area contributed by atoms with E-state index in [2.05, 4.69) is 29.4 Å². The van der Waals surface area contributed by atoms with E-state index in [1.54, 1.807) is 7.11 Å². The fraction of sp³-hybridized carbons (Fsp3) is 0.750. The van der Waals surface area contributed by atoms with Gasteiger partial charge in [0.05, 0.1) is 6.20 Å². The Morgan fingerprint density at radius 2 is 2.25 bits per heavy atom. The number of aryl methyl sites for hydroxylation is 1. The highest BCUT2D eigenvalue weighted by molar-refractivity contribution is 5.18. The van der Waals surface area contributed by atoms with E-state index in [0.717, 1.165) is 25.3 Å². The largest absolute Gasteiger partial charge is 0.385 e. The minimum absolute atomic E-state index is 0.376. The van der Waals surface area contributed by atoms with Gasteiger partial charge in [0.2, 0.25) is 0 Å². The van der Waals surface area contributed by atoms with Crippen molar-refractivity contribution in [1.82, 2.24) is 15.5 Å². The molecule has 1 aromatic heterocycles.